The van der Waals surface area contributed by atoms with Crippen molar-refractivity contribution in [3.63, 3.8) is 0 Å². The molecule has 4 heteroatoms. The molecule has 0 amide bonds. The van der Waals surface area contributed by atoms with Crippen LogP contribution in [0, 0.1) is 5.92 Å². The number of hydrogen-bond acceptors (Lipinski definition) is 4. The van der Waals surface area contributed by atoms with E-state index in [1.54, 1.807) is 11.8 Å². The van der Waals surface area contributed by atoms with E-state index in [-0.39, 0.29) is 18.2 Å². The predicted molar refractivity (Wildman–Crippen MR) is 64.0 cm³/mol. The first kappa shape index (κ1) is 14.8. The lowest BCUT2D eigenvalue weighted by molar-refractivity contribution is -0.154. The Morgan fingerprint density at radius 3 is 2.53 bits per heavy atom. The van der Waals surface area contributed by atoms with Crippen LogP contribution in [-0.4, -0.2) is 34.8 Å². The quantitative estimate of drug-likeness (QED) is 0.564. The molecule has 0 fully saturated rings. The van der Waals surface area contributed by atoms with Crippen LogP contribution in [0.1, 0.15) is 34.1 Å². The van der Waals surface area contributed by atoms with E-state index in [1.807, 2.05) is 27.7 Å². The summed E-state index contributed by atoms with van der Waals surface area (Å²) in [6, 6.07) is 0. The summed E-state index contributed by atoms with van der Waals surface area (Å²) in [7, 11) is 0. The highest BCUT2D eigenvalue weighted by Crippen LogP contribution is 2.12. The van der Waals surface area contributed by atoms with Gasteiger partial charge in [0.05, 0.1) is 6.42 Å². The monoisotopic (exact) mass is 234 g/mol. The van der Waals surface area contributed by atoms with E-state index in [9.17, 15) is 4.79 Å². The van der Waals surface area contributed by atoms with E-state index in [2.05, 4.69) is 0 Å². The van der Waals surface area contributed by atoms with Crippen molar-refractivity contribution in [3.8, 4) is 0 Å². The molecular formula is C11H22O3S. The third kappa shape index (κ3) is 10.1. The number of thioether (sulfide) groups is 1. The minimum atomic E-state index is -0.389. The van der Waals surface area contributed by atoms with Gasteiger partial charge >= 0.3 is 5.97 Å². The number of carbonyl (C=O) groups excluding carboxylic acids is 1. The first-order valence-corrected chi connectivity index (χ1v) is 6.41. The van der Waals surface area contributed by atoms with Crippen LogP contribution in [0.5, 0.6) is 0 Å². The van der Waals surface area contributed by atoms with Crippen LogP contribution in [0.4, 0.5) is 0 Å². The van der Waals surface area contributed by atoms with Crippen LogP contribution in [0.2, 0.25) is 0 Å². The van der Waals surface area contributed by atoms with E-state index >= 15 is 0 Å². The molecule has 0 saturated carbocycles. The number of carbonyl (C=O) groups is 1. The topological polar surface area (TPSA) is 46.5 Å². The number of hydrogen-bond donors (Lipinski definition) is 1. The zero-order chi connectivity index (χ0) is 11.9. The van der Waals surface area contributed by atoms with E-state index < -0.39 is 0 Å². The molecular weight excluding hydrogens is 212 g/mol. The van der Waals surface area contributed by atoms with Crippen LogP contribution in [0.25, 0.3) is 0 Å². The lowest BCUT2D eigenvalue weighted by Crippen LogP contribution is -2.24. The summed E-state index contributed by atoms with van der Waals surface area (Å²) in [6.45, 7) is 7.80. The molecule has 1 unspecified atom stereocenters. The second-order valence-electron chi connectivity index (χ2n) is 4.70. The lowest BCUT2D eigenvalue weighted by Gasteiger charge is -2.19. The SMILES string of the molecule is CC(CO)CSCCC(=O)OC(C)(C)C. The normalized spacial score (nSPS) is 13.7. The summed E-state index contributed by atoms with van der Waals surface area (Å²) in [5.74, 6) is 1.80. The lowest BCUT2D eigenvalue weighted by atomic mass is 10.2. The predicted octanol–water partition coefficient (Wildman–Crippen LogP) is 2.08. The van der Waals surface area contributed by atoms with Gasteiger partial charge in [0.1, 0.15) is 5.60 Å². The summed E-state index contributed by atoms with van der Waals surface area (Å²) >= 11 is 1.68. The van der Waals surface area contributed by atoms with Crippen molar-refractivity contribution in [3.05, 3.63) is 0 Å². The Kier molecular flexibility index (Phi) is 7.02. The fourth-order valence-corrected chi connectivity index (χ4v) is 1.87. The van der Waals surface area contributed by atoms with Gasteiger partial charge in [-0.1, -0.05) is 6.92 Å². The molecule has 0 saturated heterocycles. The summed E-state index contributed by atoms with van der Waals surface area (Å²) < 4.78 is 5.17. The maximum atomic E-state index is 11.3. The average Bonchev–Trinajstić information content (AvgIpc) is 2.09. The van der Waals surface area contributed by atoms with Gasteiger partial charge in [-0.15, -0.1) is 0 Å². The standard InChI is InChI=1S/C11H22O3S/c1-9(7-12)8-15-6-5-10(13)14-11(2,3)4/h9,12H,5-8H2,1-4H3. The van der Waals surface area contributed by atoms with Crippen LogP contribution < -0.4 is 0 Å². The maximum Gasteiger partial charge on any atom is 0.307 e. The molecule has 0 aromatic heterocycles. The molecule has 0 spiro atoms. The van der Waals surface area contributed by atoms with Crippen molar-refractivity contribution in [1.29, 1.82) is 0 Å². The molecule has 0 aliphatic rings. The molecule has 0 bridgehead atoms. The Morgan fingerprint density at radius 2 is 2.07 bits per heavy atom. The van der Waals surface area contributed by atoms with Gasteiger partial charge < -0.3 is 9.84 Å². The Bertz CT molecular complexity index is 187. The summed E-state index contributed by atoms with van der Waals surface area (Å²) in [4.78, 5) is 11.3. The average molecular weight is 234 g/mol. The highest BCUT2D eigenvalue weighted by atomic mass is 32.2. The van der Waals surface area contributed by atoms with Crippen molar-refractivity contribution in [2.75, 3.05) is 18.1 Å². The Balaban J connectivity index is 3.48. The van der Waals surface area contributed by atoms with E-state index in [0.717, 1.165) is 11.5 Å². The first-order chi connectivity index (χ1) is 6.85. The Hall–Kier alpha value is -0.220. The van der Waals surface area contributed by atoms with Crippen molar-refractivity contribution >= 4 is 17.7 Å². The van der Waals surface area contributed by atoms with Crippen LogP contribution >= 0.6 is 11.8 Å². The van der Waals surface area contributed by atoms with Gasteiger partial charge in [-0.3, -0.25) is 4.79 Å². The largest absolute Gasteiger partial charge is 0.460 e. The smallest absolute Gasteiger partial charge is 0.307 e. The highest BCUT2D eigenvalue weighted by molar-refractivity contribution is 7.99. The minimum Gasteiger partial charge on any atom is -0.460 e. The molecule has 0 aromatic rings. The van der Waals surface area contributed by atoms with Gasteiger partial charge in [-0.25, -0.2) is 0 Å². The van der Waals surface area contributed by atoms with E-state index in [0.29, 0.717) is 12.3 Å². The minimum absolute atomic E-state index is 0.147. The van der Waals surface area contributed by atoms with Crippen molar-refractivity contribution < 1.29 is 14.6 Å². The Labute approximate surface area is 96.6 Å². The molecule has 0 heterocycles. The highest BCUT2D eigenvalue weighted by Gasteiger charge is 2.15. The van der Waals surface area contributed by atoms with Gasteiger partial charge in [0.25, 0.3) is 0 Å². The molecule has 15 heavy (non-hydrogen) atoms. The molecule has 0 aromatic carbocycles. The number of ether oxygens (including phenoxy) is 1. The van der Waals surface area contributed by atoms with Gasteiger partial charge in [0.15, 0.2) is 0 Å². The molecule has 90 valence electrons. The molecule has 0 radical (unpaired) electrons. The van der Waals surface area contributed by atoms with Crippen molar-refractivity contribution in [2.24, 2.45) is 5.92 Å². The summed E-state index contributed by atoms with van der Waals surface area (Å²) in [5.41, 5.74) is -0.389. The molecule has 0 rings (SSSR count). The zero-order valence-electron chi connectivity index (χ0n) is 10.1. The number of aliphatic hydroxyl groups is 1. The maximum absolute atomic E-state index is 11.3. The molecule has 0 aliphatic carbocycles. The summed E-state index contributed by atoms with van der Waals surface area (Å²) in [6.07, 6.45) is 0.445. The molecule has 3 nitrogen and oxygen atoms in total. The second kappa shape index (κ2) is 7.12. The van der Waals surface area contributed by atoms with Gasteiger partial charge in [0, 0.05) is 12.4 Å². The fourth-order valence-electron chi connectivity index (χ4n) is 0.885. The number of esters is 1. The Morgan fingerprint density at radius 1 is 1.47 bits per heavy atom. The van der Waals surface area contributed by atoms with Gasteiger partial charge in [-0.2, -0.15) is 11.8 Å². The second-order valence-corrected chi connectivity index (χ2v) is 5.85. The number of aliphatic hydroxyl groups excluding tert-OH is 1. The first-order valence-electron chi connectivity index (χ1n) is 5.25. The summed E-state index contributed by atoms with van der Waals surface area (Å²) in [5, 5.41) is 8.79. The van der Waals surface area contributed by atoms with E-state index in [1.165, 1.54) is 0 Å². The fraction of sp³-hybridized carbons (Fsp3) is 0.909. The van der Waals surface area contributed by atoms with Crippen LogP contribution in [0.3, 0.4) is 0 Å². The van der Waals surface area contributed by atoms with Gasteiger partial charge in [0.2, 0.25) is 0 Å². The third-order valence-electron chi connectivity index (χ3n) is 1.58. The molecule has 0 aliphatic heterocycles. The van der Waals surface area contributed by atoms with Gasteiger partial charge in [-0.05, 0) is 32.4 Å². The van der Waals surface area contributed by atoms with Crippen molar-refractivity contribution in [1.82, 2.24) is 0 Å². The van der Waals surface area contributed by atoms with Crippen LogP contribution in [-0.2, 0) is 9.53 Å². The third-order valence-corrected chi connectivity index (χ3v) is 2.88. The zero-order valence-corrected chi connectivity index (χ0v) is 10.9. The van der Waals surface area contributed by atoms with Crippen molar-refractivity contribution in [2.45, 2.75) is 39.7 Å². The number of rotatable bonds is 6. The van der Waals surface area contributed by atoms with Crippen LogP contribution in [0.15, 0.2) is 0 Å². The van der Waals surface area contributed by atoms with E-state index in [4.69, 9.17) is 9.84 Å². The molecule has 1 atom stereocenters. The molecule has 1 N–H and O–H groups in total.